The molecule has 0 aromatic rings. The van der Waals surface area contributed by atoms with E-state index >= 15 is 0 Å². The number of Topliss-reactive ketones (excluding diaryl/α,β-unsaturated/α-hetero) is 1. The lowest BCUT2D eigenvalue weighted by atomic mass is 10.1. The number of carboxylic acid groups (broad SMARTS) is 1. The van der Waals surface area contributed by atoms with Crippen LogP contribution in [0.3, 0.4) is 0 Å². The molecule has 26 heavy (non-hydrogen) atoms. The van der Waals surface area contributed by atoms with Crippen LogP contribution in [0.15, 0.2) is 4.99 Å². The van der Waals surface area contributed by atoms with Gasteiger partial charge in [0.05, 0.1) is 24.5 Å². The molecule has 9 N–H and O–H groups in total. The highest BCUT2D eigenvalue weighted by molar-refractivity contribution is 6.28. The summed E-state index contributed by atoms with van der Waals surface area (Å²) in [6.45, 7) is -0.112. The van der Waals surface area contributed by atoms with E-state index in [-0.39, 0.29) is 36.9 Å². The molecule has 2 atom stereocenters. The van der Waals surface area contributed by atoms with E-state index in [1.807, 2.05) is 0 Å². The summed E-state index contributed by atoms with van der Waals surface area (Å²) >= 11 is 5.52. The monoisotopic (exact) mass is 392 g/mol. The van der Waals surface area contributed by atoms with Crippen molar-refractivity contribution >= 4 is 41.1 Å². The molecule has 2 amide bonds. The normalized spacial score (nSPS) is 12.5. The smallest absolute Gasteiger partial charge is 0.303 e. The van der Waals surface area contributed by atoms with Gasteiger partial charge in [-0.2, -0.15) is 0 Å². The van der Waals surface area contributed by atoms with Crippen molar-refractivity contribution in [2.24, 2.45) is 22.2 Å². The van der Waals surface area contributed by atoms with Crippen LogP contribution in [0.4, 0.5) is 0 Å². The summed E-state index contributed by atoms with van der Waals surface area (Å²) in [6.07, 6.45) is 0.405. The number of amides is 2. The van der Waals surface area contributed by atoms with Crippen molar-refractivity contribution in [3.05, 3.63) is 0 Å². The molecule has 0 aromatic heterocycles. The molecule has 0 bridgehead atoms. The molecule has 0 fully saturated rings. The van der Waals surface area contributed by atoms with E-state index in [2.05, 4.69) is 15.6 Å². The minimum Gasteiger partial charge on any atom is -0.481 e. The maximum absolute atomic E-state index is 11.9. The molecule has 148 valence electrons. The Morgan fingerprint density at radius 1 is 1.15 bits per heavy atom. The lowest BCUT2D eigenvalue weighted by molar-refractivity contribution is -0.137. The predicted molar refractivity (Wildman–Crippen MR) is 95.4 cm³/mol. The molecule has 0 aliphatic rings. The number of nitrogens with zero attached hydrogens (tertiary/aromatic N) is 1. The minimum atomic E-state index is -1.07. The molecule has 0 saturated heterocycles. The van der Waals surface area contributed by atoms with E-state index in [0.717, 1.165) is 0 Å². The Hall–Kier alpha value is -2.40. The SMILES string of the molecule is NC(N)=NCCC[C@@H](NC(=O)CNC(=O)[C@@H](N)CCC(=O)O)C(=O)CCl. The summed E-state index contributed by atoms with van der Waals surface area (Å²) < 4.78 is 0. The molecule has 0 heterocycles. The van der Waals surface area contributed by atoms with Gasteiger partial charge in [-0.1, -0.05) is 0 Å². The van der Waals surface area contributed by atoms with Gasteiger partial charge in [0.15, 0.2) is 11.7 Å². The second-order valence-electron chi connectivity index (χ2n) is 5.43. The lowest BCUT2D eigenvalue weighted by Gasteiger charge is -2.17. The molecule has 0 aromatic carbocycles. The standard InChI is InChI=1S/C14H25ClN6O5/c15-6-10(22)9(2-1-5-19-14(17)18)21-11(23)7-20-13(26)8(16)3-4-12(24)25/h8-9H,1-7,16H2,(H,20,26)(H,21,23)(H,24,25)(H4,17,18,19)/t8-,9+/m0/s1. The first-order chi connectivity index (χ1) is 12.2. The topological polar surface area (TPSA) is 203 Å². The zero-order valence-electron chi connectivity index (χ0n) is 14.2. The Bertz CT molecular complexity index is 538. The number of aliphatic imine (C=N–C) groups is 1. The maximum atomic E-state index is 11.9. The summed E-state index contributed by atoms with van der Waals surface area (Å²) in [5.41, 5.74) is 15.9. The lowest BCUT2D eigenvalue weighted by Crippen LogP contribution is -2.48. The van der Waals surface area contributed by atoms with Crippen molar-refractivity contribution in [2.75, 3.05) is 19.0 Å². The summed E-state index contributed by atoms with van der Waals surface area (Å²) in [6, 6.07) is -1.87. The molecule has 0 rings (SSSR count). The van der Waals surface area contributed by atoms with Gasteiger partial charge in [0, 0.05) is 13.0 Å². The number of ketones is 1. The number of guanidine groups is 1. The van der Waals surface area contributed by atoms with Gasteiger partial charge in [-0.15, -0.1) is 11.6 Å². The minimum absolute atomic E-state index is 0.0546. The highest BCUT2D eigenvalue weighted by Crippen LogP contribution is 2.01. The average Bonchev–Trinajstić information content (AvgIpc) is 2.58. The maximum Gasteiger partial charge on any atom is 0.303 e. The van der Waals surface area contributed by atoms with Crippen LogP contribution in [0.25, 0.3) is 0 Å². The van der Waals surface area contributed by atoms with Gasteiger partial charge >= 0.3 is 5.97 Å². The number of nitrogens with two attached hydrogens (primary N) is 3. The van der Waals surface area contributed by atoms with Crippen LogP contribution in [0.5, 0.6) is 0 Å². The van der Waals surface area contributed by atoms with Crippen LogP contribution < -0.4 is 27.8 Å². The first kappa shape index (κ1) is 23.6. The largest absolute Gasteiger partial charge is 0.481 e. The van der Waals surface area contributed by atoms with E-state index in [1.54, 1.807) is 0 Å². The van der Waals surface area contributed by atoms with Crippen molar-refractivity contribution in [3.8, 4) is 0 Å². The van der Waals surface area contributed by atoms with Crippen LogP contribution in [0.1, 0.15) is 25.7 Å². The van der Waals surface area contributed by atoms with E-state index in [9.17, 15) is 19.2 Å². The van der Waals surface area contributed by atoms with Crippen LogP contribution in [0, 0.1) is 0 Å². The molecule has 0 radical (unpaired) electrons. The Morgan fingerprint density at radius 3 is 2.35 bits per heavy atom. The Balaban J connectivity index is 4.38. The number of carboxylic acids is 1. The molecule has 0 aliphatic heterocycles. The van der Waals surface area contributed by atoms with Gasteiger partial charge < -0.3 is 32.9 Å². The van der Waals surface area contributed by atoms with Crippen LogP contribution >= 0.6 is 11.6 Å². The molecular formula is C14H25ClN6O5. The number of aliphatic carboxylic acids is 1. The zero-order valence-corrected chi connectivity index (χ0v) is 15.0. The Morgan fingerprint density at radius 2 is 1.81 bits per heavy atom. The number of hydrogen-bond donors (Lipinski definition) is 6. The number of nitrogens with one attached hydrogen (secondary N) is 2. The summed E-state index contributed by atoms with van der Waals surface area (Å²) in [5, 5.41) is 13.3. The third-order valence-corrected chi connectivity index (χ3v) is 3.49. The van der Waals surface area contributed by atoms with Crippen LogP contribution in [0.2, 0.25) is 0 Å². The first-order valence-corrected chi connectivity index (χ1v) is 8.39. The third-order valence-electron chi connectivity index (χ3n) is 3.23. The van der Waals surface area contributed by atoms with E-state index in [1.165, 1.54) is 0 Å². The van der Waals surface area contributed by atoms with E-state index in [0.29, 0.717) is 13.0 Å². The van der Waals surface area contributed by atoms with Crippen LogP contribution in [-0.4, -0.2) is 65.7 Å². The number of hydrogen-bond acceptors (Lipinski definition) is 6. The van der Waals surface area contributed by atoms with Gasteiger partial charge in [-0.05, 0) is 19.3 Å². The highest BCUT2D eigenvalue weighted by atomic mass is 35.5. The number of rotatable bonds is 13. The average molecular weight is 393 g/mol. The van der Waals surface area contributed by atoms with Gasteiger partial charge in [0.25, 0.3) is 0 Å². The van der Waals surface area contributed by atoms with E-state index < -0.39 is 36.4 Å². The fourth-order valence-corrected chi connectivity index (χ4v) is 2.05. The molecule has 0 spiro atoms. The van der Waals surface area contributed by atoms with Gasteiger partial charge in [-0.3, -0.25) is 24.2 Å². The first-order valence-electron chi connectivity index (χ1n) is 7.85. The third kappa shape index (κ3) is 11.2. The molecule has 11 nitrogen and oxygen atoms in total. The molecule has 12 heteroatoms. The molecular weight excluding hydrogens is 368 g/mol. The number of carbonyl (C=O) groups is 4. The van der Waals surface area contributed by atoms with Gasteiger partial charge in [0.1, 0.15) is 0 Å². The van der Waals surface area contributed by atoms with Crippen molar-refractivity contribution in [3.63, 3.8) is 0 Å². The fourth-order valence-electron chi connectivity index (χ4n) is 1.86. The molecule has 0 aliphatic carbocycles. The molecule has 0 saturated carbocycles. The fraction of sp³-hybridized carbons (Fsp3) is 0.643. The second kappa shape index (κ2) is 12.9. The van der Waals surface area contributed by atoms with Crippen molar-refractivity contribution in [1.29, 1.82) is 0 Å². The van der Waals surface area contributed by atoms with E-state index in [4.69, 9.17) is 33.9 Å². The summed E-state index contributed by atoms with van der Waals surface area (Å²) in [5.74, 6) is -3.07. The van der Waals surface area contributed by atoms with Crippen LogP contribution in [-0.2, 0) is 19.2 Å². The summed E-state index contributed by atoms with van der Waals surface area (Å²) in [7, 11) is 0. The van der Waals surface area contributed by atoms with Gasteiger partial charge in [-0.25, -0.2) is 0 Å². The van der Waals surface area contributed by atoms with Crippen molar-refractivity contribution in [2.45, 2.75) is 37.8 Å². The van der Waals surface area contributed by atoms with Crippen molar-refractivity contribution in [1.82, 2.24) is 10.6 Å². The zero-order chi connectivity index (χ0) is 20.1. The second-order valence-corrected chi connectivity index (χ2v) is 5.69. The summed E-state index contributed by atoms with van der Waals surface area (Å²) in [4.78, 5) is 49.5. The number of carbonyl (C=O) groups excluding carboxylic acids is 3. The van der Waals surface area contributed by atoms with Gasteiger partial charge in [0.2, 0.25) is 11.8 Å². The highest BCUT2D eigenvalue weighted by Gasteiger charge is 2.21. The quantitative estimate of drug-likeness (QED) is 0.0863. The Kier molecular flexibility index (Phi) is 11.7. The Labute approximate surface area is 155 Å². The predicted octanol–water partition coefficient (Wildman–Crippen LogP) is -2.36. The van der Waals surface area contributed by atoms with Crippen molar-refractivity contribution < 1.29 is 24.3 Å². The number of halogens is 1. The number of alkyl halides is 1. The molecule has 0 unspecified atom stereocenters.